The predicted octanol–water partition coefficient (Wildman–Crippen LogP) is 3.66. The molecular formula is C19H20N4O. The summed E-state index contributed by atoms with van der Waals surface area (Å²) in [5, 5.41) is 17.9. The SMILES string of the molecule is CC(C)N=C(NO)N/N=C/c1c2ccccc2cc2ccccc12. The Balaban J connectivity index is 2.05. The lowest BCUT2D eigenvalue weighted by atomic mass is 9.97. The van der Waals surface area contributed by atoms with Crippen LogP contribution in [0.1, 0.15) is 19.4 Å². The van der Waals surface area contributed by atoms with Crippen LogP contribution in [0.2, 0.25) is 0 Å². The van der Waals surface area contributed by atoms with Crippen molar-refractivity contribution < 1.29 is 5.21 Å². The number of rotatable bonds is 3. The van der Waals surface area contributed by atoms with Crippen LogP contribution in [0.15, 0.2) is 64.7 Å². The summed E-state index contributed by atoms with van der Waals surface area (Å²) in [6.07, 6.45) is 1.76. The van der Waals surface area contributed by atoms with Gasteiger partial charge in [-0.05, 0) is 41.5 Å². The molecule has 5 heteroatoms. The van der Waals surface area contributed by atoms with Gasteiger partial charge in [0.25, 0.3) is 0 Å². The smallest absolute Gasteiger partial charge is 0.236 e. The van der Waals surface area contributed by atoms with E-state index in [1.54, 1.807) is 6.21 Å². The Morgan fingerprint density at radius 2 is 1.58 bits per heavy atom. The number of hydrogen-bond donors (Lipinski definition) is 3. The third kappa shape index (κ3) is 3.36. The van der Waals surface area contributed by atoms with Crippen molar-refractivity contribution in [1.82, 2.24) is 10.9 Å². The van der Waals surface area contributed by atoms with Gasteiger partial charge >= 0.3 is 0 Å². The molecule has 0 aromatic heterocycles. The van der Waals surface area contributed by atoms with Gasteiger partial charge in [-0.3, -0.25) is 5.21 Å². The molecule has 0 unspecified atom stereocenters. The summed E-state index contributed by atoms with van der Waals surface area (Å²) in [6.45, 7) is 3.84. The molecule has 3 N–H and O–H groups in total. The lowest BCUT2D eigenvalue weighted by Crippen LogP contribution is -2.32. The number of hydrazone groups is 1. The first-order valence-corrected chi connectivity index (χ1v) is 7.86. The quantitative estimate of drug-likeness (QED) is 0.298. The first-order chi connectivity index (χ1) is 11.7. The Labute approximate surface area is 140 Å². The molecule has 3 aromatic rings. The normalized spacial score (nSPS) is 12.4. The highest BCUT2D eigenvalue weighted by Crippen LogP contribution is 2.27. The van der Waals surface area contributed by atoms with Crippen LogP contribution in [0.5, 0.6) is 0 Å². The summed E-state index contributed by atoms with van der Waals surface area (Å²) < 4.78 is 0. The van der Waals surface area contributed by atoms with E-state index in [1.165, 1.54) is 0 Å². The Bertz CT molecular complexity index is 862. The van der Waals surface area contributed by atoms with Gasteiger partial charge in [0.1, 0.15) is 0 Å². The van der Waals surface area contributed by atoms with Crippen LogP contribution in [-0.4, -0.2) is 23.4 Å². The maximum atomic E-state index is 9.10. The van der Waals surface area contributed by atoms with Crippen molar-refractivity contribution in [3.05, 3.63) is 60.2 Å². The molecule has 3 rings (SSSR count). The maximum absolute atomic E-state index is 9.10. The molecular weight excluding hydrogens is 300 g/mol. The van der Waals surface area contributed by atoms with E-state index in [1.807, 2.05) is 43.6 Å². The highest BCUT2D eigenvalue weighted by molar-refractivity contribution is 6.13. The van der Waals surface area contributed by atoms with Crippen molar-refractivity contribution in [2.45, 2.75) is 19.9 Å². The maximum Gasteiger partial charge on any atom is 0.236 e. The molecule has 24 heavy (non-hydrogen) atoms. The molecule has 122 valence electrons. The molecule has 5 nitrogen and oxygen atoms in total. The van der Waals surface area contributed by atoms with Crippen molar-refractivity contribution in [1.29, 1.82) is 0 Å². The summed E-state index contributed by atoms with van der Waals surface area (Å²) in [6, 6.07) is 18.6. The Kier molecular flexibility index (Phi) is 4.72. The molecule has 0 amide bonds. The van der Waals surface area contributed by atoms with Gasteiger partial charge < -0.3 is 0 Å². The van der Waals surface area contributed by atoms with E-state index in [0.717, 1.165) is 27.1 Å². The van der Waals surface area contributed by atoms with Gasteiger partial charge in [0.2, 0.25) is 5.96 Å². The van der Waals surface area contributed by atoms with Gasteiger partial charge in [0.05, 0.1) is 6.21 Å². The molecule has 0 saturated carbocycles. The summed E-state index contributed by atoms with van der Waals surface area (Å²) in [5.74, 6) is 0.214. The van der Waals surface area contributed by atoms with Crippen LogP contribution in [-0.2, 0) is 0 Å². The number of aliphatic imine (C=N–C) groups is 1. The molecule has 0 radical (unpaired) electrons. The van der Waals surface area contributed by atoms with Gasteiger partial charge in [-0.1, -0.05) is 48.5 Å². The van der Waals surface area contributed by atoms with Gasteiger partial charge in [-0.15, -0.1) is 0 Å². The monoisotopic (exact) mass is 320 g/mol. The fourth-order valence-corrected chi connectivity index (χ4v) is 2.69. The molecule has 0 aliphatic heterocycles. The van der Waals surface area contributed by atoms with Gasteiger partial charge in [0, 0.05) is 11.6 Å². The van der Waals surface area contributed by atoms with E-state index >= 15 is 0 Å². The molecule has 0 aliphatic rings. The molecule has 0 saturated heterocycles. The third-order valence-electron chi connectivity index (χ3n) is 3.67. The van der Waals surface area contributed by atoms with E-state index in [4.69, 9.17) is 5.21 Å². The molecule has 3 aromatic carbocycles. The van der Waals surface area contributed by atoms with Crippen molar-refractivity contribution in [2.24, 2.45) is 10.1 Å². The minimum absolute atomic E-state index is 0.0423. The number of nitrogens with zero attached hydrogens (tertiary/aromatic N) is 2. The van der Waals surface area contributed by atoms with E-state index in [0.29, 0.717) is 0 Å². The second-order valence-electron chi connectivity index (χ2n) is 5.79. The highest BCUT2D eigenvalue weighted by atomic mass is 16.5. The van der Waals surface area contributed by atoms with Crippen molar-refractivity contribution in [2.75, 3.05) is 0 Å². The number of benzene rings is 3. The van der Waals surface area contributed by atoms with E-state index < -0.39 is 0 Å². The standard InChI is InChI=1S/C19H20N4O/c1-13(2)21-19(23-24)22-20-12-18-16-9-5-3-7-14(16)11-15-8-4-6-10-17(15)18/h3-13,24H,1-2H3,(H2,21,22,23)/b20-12+. The molecule has 0 spiro atoms. The Hall–Kier alpha value is -2.92. The first-order valence-electron chi connectivity index (χ1n) is 7.86. The first kappa shape index (κ1) is 16.0. The zero-order chi connectivity index (χ0) is 16.9. The van der Waals surface area contributed by atoms with Gasteiger partial charge in [0.15, 0.2) is 0 Å². The van der Waals surface area contributed by atoms with Crippen LogP contribution < -0.4 is 10.9 Å². The second-order valence-corrected chi connectivity index (χ2v) is 5.79. The van der Waals surface area contributed by atoms with Crippen molar-refractivity contribution in [3.63, 3.8) is 0 Å². The third-order valence-corrected chi connectivity index (χ3v) is 3.67. The molecule has 0 aliphatic carbocycles. The van der Waals surface area contributed by atoms with E-state index in [-0.39, 0.29) is 12.0 Å². The van der Waals surface area contributed by atoms with Crippen LogP contribution in [0.25, 0.3) is 21.5 Å². The average Bonchev–Trinajstić information content (AvgIpc) is 2.59. The topological polar surface area (TPSA) is 69.0 Å². The van der Waals surface area contributed by atoms with Crippen molar-refractivity contribution in [3.8, 4) is 0 Å². The van der Waals surface area contributed by atoms with E-state index in [9.17, 15) is 0 Å². The molecule has 0 atom stereocenters. The minimum Gasteiger partial charge on any atom is -0.288 e. The highest BCUT2D eigenvalue weighted by Gasteiger charge is 2.05. The van der Waals surface area contributed by atoms with E-state index in [2.05, 4.69) is 45.9 Å². The van der Waals surface area contributed by atoms with Crippen LogP contribution in [0, 0.1) is 0 Å². The lowest BCUT2D eigenvalue weighted by Gasteiger charge is -2.08. The number of guanidine groups is 1. The van der Waals surface area contributed by atoms with Gasteiger partial charge in [-0.2, -0.15) is 5.10 Å². The average molecular weight is 320 g/mol. The summed E-state index contributed by atoms with van der Waals surface area (Å²) in [7, 11) is 0. The summed E-state index contributed by atoms with van der Waals surface area (Å²) >= 11 is 0. The zero-order valence-electron chi connectivity index (χ0n) is 13.7. The van der Waals surface area contributed by atoms with Crippen LogP contribution in [0.4, 0.5) is 0 Å². The zero-order valence-corrected chi connectivity index (χ0v) is 13.7. The second kappa shape index (κ2) is 7.10. The molecule has 0 bridgehead atoms. The number of hydroxylamine groups is 1. The largest absolute Gasteiger partial charge is 0.288 e. The number of fused-ring (bicyclic) bond motifs is 2. The number of hydrogen-bond acceptors (Lipinski definition) is 3. The predicted molar refractivity (Wildman–Crippen MR) is 99.7 cm³/mol. The summed E-state index contributed by atoms with van der Waals surface area (Å²) in [4.78, 5) is 4.18. The van der Waals surface area contributed by atoms with Crippen molar-refractivity contribution >= 4 is 33.7 Å². The Morgan fingerprint density at radius 3 is 2.12 bits per heavy atom. The Morgan fingerprint density at radius 1 is 1.00 bits per heavy atom. The van der Waals surface area contributed by atoms with Gasteiger partial charge in [-0.25, -0.2) is 15.9 Å². The van der Waals surface area contributed by atoms with Crippen LogP contribution >= 0.6 is 0 Å². The molecule has 0 fully saturated rings. The number of nitrogens with one attached hydrogen (secondary N) is 2. The lowest BCUT2D eigenvalue weighted by molar-refractivity contribution is 0.229. The fraction of sp³-hybridized carbons (Fsp3) is 0.158. The summed E-state index contributed by atoms with van der Waals surface area (Å²) in [5.41, 5.74) is 5.78. The minimum atomic E-state index is 0.0423. The fourth-order valence-electron chi connectivity index (χ4n) is 2.69. The van der Waals surface area contributed by atoms with Crippen LogP contribution in [0.3, 0.4) is 0 Å². The molecule has 0 heterocycles.